The van der Waals surface area contributed by atoms with Gasteiger partial charge in [0.1, 0.15) is 11.5 Å². The van der Waals surface area contributed by atoms with Gasteiger partial charge in [-0.25, -0.2) is 4.98 Å². The summed E-state index contributed by atoms with van der Waals surface area (Å²) in [5.74, 6) is -0.0481. The van der Waals surface area contributed by atoms with Crippen molar-refractivity contribution in [3.8, 4) is 0 Å². The van der Waals surface area contributed by atoms with Gasteiger partial charge >= 0.3 is 0 Å². The molecule has 0 bridgehead atoms. The summed E-state index contributed by atoms with van der Waals surface area (Å²) in [5, 5.41) is 2.86. The van der Waals surface area contributed by atoms with E-state index in [-0.39, 0.29) is 33.9 Å². The highest BCUT2D eigenvalue weighted by Crippen LogP contribution is 2.33. The molecule has 2 aliphatic heterocycles. The van der Waals surface area contributed by atoms with Gasteiger partial charge in [-0.2, -0.15) is 0 Å². The van der Waals surface area contributed by atoms with Crippen LogP contribution >= 0.6 is 11.8 Å². The minimum absolute atomic E-state index is 0.0481. The molecule has 2 aromatic heterocycles. The molecule has 1 atom stereocenters. The normalized spacial score (nSPS) is 19.7. The first-order valence-electron chi connectivity index (χ1n) is 10.8. The number of aromatic nitrogens is 2. The maximum atomic E-state index is 13.3. The average Bonchev–Trinajstić information content (AvgIpc) is 3.44. The van der Waals surface area contributed by atoms with Crippen LogP contribution in [0.5, 0.6) is 0 Å². The van der Waals surface area contributed by atoms with Crippen molar-refractivity contribution in [1.29, 1.82) is 0 Å². The number of fused-ring (bicyclic) bond motifs is 1. The summed E-state index contributed by atoms with van der Waals surface area (Å²) in [6.07, 6.45) is 5.09. The van der Waals surface area contributed by atoms with Gasteiger partial charge in [-0.3, -0.25) is 23.7 Å². The van der Waals surface area contributed by atoms with Crippen molar-refractivity contribution in [1.82, 2.24) is 14.3 Å². The minimum Gasteiger partial charge on any atom is -0.376 e. The number of benzene rings is 1. The molecule has 4 heterocycles. The van der Waals surface area contributed by atoms with Crippen molar-refractivity contribution in [2.45, 2.75) is 25.5 Å². The quantitative estimate of drug-likeness (QED) is 0.560. The van der Waals surface area contributed by atoms with E-state index < -0.39 is 5.91 Å². The highest BCUT2D eigenvalue weighted by atomic mass is 32.2. The summed E-state index contributed by atoms with van der Waals surface area (Å²) in [6, 6.07) is 14.6. The SMILES string of the molecule is O=C1S/C(=C\c2c(NCC3CCCO3)nc3ccccn3c2=O)C(=O)N1Cc1ccccc1. The average molecular weight is 463 g/mol. The molecule has 1 unspecified atom stereocenters. The number of ether oxygens (including phenoxy) is 1. The topological polar surface area (TPSA) is 93.0 Å². The molecule has 1 aromatic carbocycles. The van der Waals surface area contributed by atoms with Gasteiger partial charge in [-0.1, -0.05) is 36.4 Å². The van der Waals surface area contributed by atoms with Gasteiger partial charge in [-0.05, 0) is 48.4 Å². The van der Waals surface area contributed by atoms with Crippen LogP contribution in [0.4, 0.5) is 10.6 Å². The number of imide groups is 1. The summed E-state index contributed by atoms with van der Waals surface area (Å²) < 4.78 is 7.10. The first kappa shape index (κ1) is 21.4. The lowest BCUT2D eigenvalue weighted by Gasteiger charge is -2.14. The molecule has 0 spiro atoms. The van der Waals surface area contributed by atoms with Crippen LogP contribution in [0.15, 0.2) is 64.4 Å². The van der Waals surface area contributed by atoms with Gasteiger partial charge in [0.05, 0.1) is 23.1 Å². The van der Waals surface area contributed by atoms with Crippen LogP contribution in [-0.2, 0) is 16.1 Å². The predicted molar refractivity (Wildman–Crippen MR) is 127 cm³/mol. The molecule has 0 saturated carbocycles. The third kappa shape index (κ3) is 4.42. The van der Waals surface area contributed by atoms with E-state index in [4.69, 9.17) is 4.74 Å². The van der Waals surface area contributed by atoms with E-state index in [1.165, 1.54) is 15.4 Å². The number of amides is 2. The van der Waals surface area contributed by atoms with Gasteiger partial charge in [0.2, 0.25) is 0 Å². The number of hydrogen-bond donors (Lipinski definition) is 1. The number of rotatable bonds is 6. The number of nitrogens with one attached hydrogen (secondary N) is 1. The molecule has 9 heteroatoms. The second-order valence-corrected chi connectivity index (χ2v) is 8.87. The highest BCUT2D eigenvalue weighted by Gasteiger charge is 2.35. The van der Waals surface area contributed by atoms with Gasteiger partial charge < -0.3 is 10.1 Å². The number of anilines is 1. The Morgan fingerprint density at radius 3 is 2.73 bits per heavy atom. The Morgan fingerprint density at radius 1 is 1.12 bits per heavy atom. The van der Waals surface area contributed by atoms with Crippen molar-refractivity contribution < 1.29 is 14.3 Å². The maximum Gasteiger partial charge on any atom is 0.293 e. The molecule has 5 rings (SSSR count). The molecular weight excluding hydrogens is 440 g/mol. The molecular formula is C24H22N4O4S. The molecule has 168 valence electrons. The number of carbonyl (C=O) groups excluding carboxylic acids is 2. The van der Waals surface area contributed by atoms with Gasteiger partial charge in [0, 0.05) is 19.3 Å². The van der Waals surface area contributed by atoms with Gasteiger partial charge in [-0.15, -0.1) is 0 Å². The number of thioether (sulfide) groups is 1. The zero-order chi connectivity index (χ0) is 22.8. The van der Waals surface area contributed by atoms with E-state index >= 15 is 0 Å². The monoisotopic (exact) mass is 462 g/mol. The summed E-state index contributed by atoms with van der Waals surface area (Å²) in [6.45, 7) is 1.41. The summed E-state index contributed by atoms with van der Waals surface area (Å²) in [5.41, 5.74) is 1.27. The van der Waals surface area contributed by atoms with Crippen molar-refractivity contribution in [3.05, 3.63) is 81.1 Å². The summed E-state index contributed by atoms with van der Waals surface area (Å²) >= 11 is 0.832. The molecule has 2 amide bonds. The molecule has 33 heavy (non-hydrogen) atoms. The Labute approximate surface area is 194 Å². The van der Waals surface area contributed by atoms with Crippen LogP contribution in [0.25, 0.3) is 11.7 Å². The molecule has 1 N–H and O–H groups in total. The van der Waals surface area contributed by atoms with Crippen LogP contribution in [0.2, 0.25) is 0 Å². The third-order valence-electron chi connectivity index (χ3n) is 5.62. The molecule has 2 saturated heterocycles. The second-order valence-electron chi connectivity index (χ2n) is 7.88. The molecule has 0 aliphatic carbocycles. The number of pyridine rings is 1. The smallest absolute Gasteiger partial charge is 0.293 e. The van der Waals surface area contributed by atoms with Crippen LogP contribution in [0, 0.1) is 0 Å². The second kappa shape index (κ2) is 9.21. The fraction of sp³-hybridized carbons (Fsp3) is 0.250. The van der Waals surface area contributed by atoms with Gasteiger partial charge in [0.15, 0.2) is 0 Å². The van der Waals surface area contributed by atoms with Gasteiger partial charge in [0.25, 0.3) is 16.7 Å². The van der Waals surface area contributed by atoms with Crippen molar-refractivity contribution in [3.63, 3.8) is 0 Å². The lowest BCUT2D eigenvalue weighted by molar-refractivity contribution is -0.123. The highest BCUT2D eigenvalue weighted by molar-refractivity contribution is 8.18. The van der Waals surface area contributed by atoms with E-state index in [0.717, 1.165) is 36.8 Å². The van der Waals surface area contributed by atoms with Crippen molar-refractivity contribution in [2.75, 3.05) is 18.5 Å². The first-order chi connectivity index (χ1) is 16.1. The maximum absolute atomic E-state index is 13.3. The lowest BCUT2D eigenvalue weighted by Crippen LogP contribution is -2.27. The zero-order valence-corrected chi connectivity index (χ0v) is 18.6. The number of hydrogen-bond acceptors (Lipinski definition) is 7. The Morgan fingerprint density at radius 2 is 1.94 bits per heavy atom. The van der Waals surface area contributed by atoms with Crippen molar-refractivity contribution in [2.24, 2.45) is 0 Å². The molecule has 2 aliphatic rings. The van der Waals surface area contributed by atoms with E-state index in [9.17, 15) is 14.4 Å². The zero-order valence-electron chi connectivity index (χ0n) is 17.8. The largest absolute Gasteiger partial charge is 0.376 e. The molecule has 2 fully saturated rings. The van der Waals surface area contributed by atoms with E-state index in [2.05, 4.69) is 10.3 Å². The lowest BCUT2D eigenvalue weighted by atomic mass is 10.2. The Hall–Kier alpha value is -3.43. The van der Waals surface area contributed by atoms with E-state index in [0.29, 0.717) is 18.0 Å². The standard InChI is InChI=1S/C24H22N4O4S/c29-22-18(13-19-23(30)28(24(31)33-19)15-16-7-2-1-3-8-16)21(25-14-17-9-6-12-32-17)26-20-10-4-5-11-27(20)22/h1-5,7-8,10-11,13,17,25H,6,9,12,14-15H2/b19-13-. The van der Waals surface area contributed by atoms with E-state index in [1.807, 2.05) is 30.3 Å². The molecule has 3 aromatic rings. The van der Waals surface area contributed by atoms with Crippen LogP contribution in [-0.4, -0.2) is 44.7 Å². The van der Waals surface area contributed by atoms with Crippen LogP contribution in [0.1, 0.15) is 24.0 Å². The fourth-order valence-corrected chi connectivity index (χ4v) is 4.74. The summed E-state index contributed by atoms with van der Waals surface area (Å²) in [4.78, 5) is 44.9. The minimum atomic E-state index is -0.420. The predicted octanol–water partition coefficient (Wildman–Crippen LogP) is 3.52. The molecule has 8 nitrogen and oxygen atoms in total. The van der Waals surface area contributed by atoms with Crippen molar-refractivity contribution >= 4 is 40.4 Å². The van der Waals surface area contributed by atoms with Crippen LogP contribution < -0.4 is 10.9 Å². The van der Waals surface area contributed by atoms with Crippen LogP contribution in [0.3, 0.4) is 0 Å². The number of carbonyl (C=O) groups is 2. The van der Waals surface area contributed by atoms with E-state index in [1.54, 1.807) is 24.4 Å². The molecule has 0 radical (unpaired) electrons. The summed E-state index contributed by atoms with van der Waals surface area (Å²) in [7, 11) is 0. The number of nitrogens with zero attached hydrogens (tertiary/aromatic N) is 3. The fourth-order valence-electron chi connectivity index (χ4n) is 3.92. The third-order valence-corrected chi connectivity index (χ3v) is 6.53. The first-order valence-corrected chi connectivity index (χ1v) is 11.6. The Kier molecular flexibility index (Phi) is 5.97. The Bertz CT molecular complexity index is 1300. The Balaban J connectivity index is 1.49.